The molecule has 0 heterocycles. The highest BCUT2D eigenvalue weighted by Crippen LogP contribution is 1.82. The van der Waals surface area contributed by atoms with E-state index in [0.717, 1.165) is 0 Å². The molecule has 2 heteroatoms. The van der Waals surface area contributed by atoms with Gasteiger partial charge in [-0.05, 0) is 6.92 Å². The van der Waals surface area contributed by atoms with Crippen molar-refractivity contribution >= 4 is 5.91 Å². The van der Waals surface area contributed by atoms with Gasteiger partial charge in [0.15, 0.2) is 0 Å². The first-order chi connectivity index (χ1) is 3.68. The lowest BCUT2D eigenvalue weighted by molar-refractivity contribution is -0.125. The van der Waals surface area contributed by atoms with Gasteiger partial charge in [-0.25, -0.2) is 0 Å². The molecule has 0 N–H and O–H groups in total. The molecule has 1 amide bonds. The van der Waals surface area contributed by atoms with Gasteiger partial charge in [-0.2, -0.15) is 0 Å². The predicted molar refractivity (Wildman–Crippen MR) is 33.3 cm³/mol. The van der Waals surface area contributed by atoms with Crippen molar-refractivity contribution in [3.05, 3.63) is 12.3 Å². The molecule has 8 heavy (non-hydrogen) atoms. The van der Waals surface area contributed by atoms with E-state index >= 15 is 0 Å². The fraction of sp³-hybridized carbons (Fsp3) is 0.500. The Bertz CT molecular complexity index is 107. The second-order valence-electron chi connectivity index (χ2n) is 1.61. The molecule has 0 aromatic heterocycles. The lowest BCUT2D eigenvalue weighted by Gasteiger charge is -2.05. The van der Waals surface area contributed by atoms with Crippen LogP contribution in [-0.4, -0.2) is 17.9 Å². The number of hydrogen-bond acceptors (Lipinski definition) is 1. The first kappa shape index (κ1) is 7.21. The van der Waals surface area contributed by atoms with Gasteiger partial charge < -0.3 is 4.90 Å². The number of allylic oxidation sites excluding steroid dienone is 1. The van der Waals surface area contributed by atoms with Crippen molar-refractivity contribution in [2.45, 2.75) is 13.8 Å². The van der Waals surface area contributed by atoms with Crippen LogP contribution in [0.15, 0.2) is 12.3 Å². The monoisotopic (exact) mass is 113 g/mol. The van der Waals surface area contributed by atoms with Crippen molar-refractivity contribution in [3.8, 4) is 0 Å². The Hall–Kier alpha value is -0.790. The standard InChI is InChI=1S/C6H11NO/c1-4-5-7(3)6(2)8/h4-5H,1-3H3/b5-4+. The minimum atomic E-state index is 0.0584. The van der Waals surface area contributed by atoms with Gasteiger partial charge in [-0.15, -0.1) is 0 Å². The van der Waals surface area contributed by atoms with Crippen LogP contribution in [0.1, 0.15) is 13.8 Å². The lowest BCUT2D eigenvalue weighted by Crippen LogP contribution is -2.16. The van der Waals surface area contributed by atoms with E-state index in [1.54, 1.807) is 13.2 Å². The average Bonchev–Trinajstić information content (AvgIpc) is 1.67. The molecule has 0 aromatic rings. The lowest BCUT2D eigenvalue weighted by atomic mass is 10.6. The third-order valence-corrected chi connectivity index (χ3v) is 0.869. The Labute approximate surface area is 49.8 Å². The van der Waals surface area contributed by atoms with Crippen LogP contribution < -0.4 is 0 Å². The highest BCUT2D eigenvalue weighted by molar-refractivity contribution is 5.73. The Morgan fingerprint density at radius 3 is 2.25 bits per heavy atom. The summed E-state index contributed by atoms with van der Waals surface area (Å²) in [6, 6.07) is 0. The molecule has 0 aliphatic carbocycles. The number of rotatable bonds is 1. The SMILES string of the molecule is C/C=C/N(C)C(C)=O. The van der Waals surface area contributed by atoms with Crippen LogP contribution in [0.2, 0.25) is 0 Å². The van der Waals surface area contributed by atoms with Crippen molar-refractivity contribution < 1.29 is 4.79 Å². The number of carbonyl (C=O) groups excluding carboxylic acids is 1. The van der Waals surface area contributed by atoms with Crippen LogP contribution in [0.4, 0.5) is 0 Å². The fourth-order valence-electron chi connectivity index (χ4n) is 0.329. The van der Waals surface area contributed by atoms with E-state index in [1.165, 1.54) is 11.8 Å². The van der Waals surface area contributed by atoms with Gasteiger partial charge in [0, 0.05) is 20.2 Å². The molecule has 0 radical (unpaired) electrons. The minimum absolute atomic E-state index is 0.0584. The molecule has 0 fully saturated rings. The zero-order chi connectivity index (χ0) is 6.57. The van der Waals surface area contributed by atoms with Crippen LogP contribution in [0.25, 0.3) is 0 Å². The highest BCUT2D eigenvalue weighted by atomic mass is 16.2. The van der Waals surface area contributed by atoms with E-state index in [4.69, 9.17) is 0 Å². The van der Waals surface area contributed by atoms with Gasteiger partial charge in [0.05, 0.1) is 0 Å². The first-order valence-electron chi connectivity index (χ1n) is 2.54. The average molecular weight is 113 g/mol. The molecule has 0 spiro atoms. The summed E-state index contributed by atoms with van der Waals surface area (Å²) in [5.74, 6) is 0.0584. The van der Waals surface area contributed by atoms with Crippen LogP contribution >= 0.6 is 0 Å². The Morgan fingerprint density at radius 1 is 1.62 bits per heavy atom. The molecule has 2 nitrogen and oxygen atoms in total. The first-order valence-corrected chi connectivity index (χ1v) is 2.54. The van der Waals surface area contributed by atoms with Gasteiger partial charge in [0.25, 0.3) is 0 Å². The highest BCUT2D eigenvalue weighted by Gasteiger charge is 1.92. The molecule has 0 aliphatic heterocycles. The fourth-order valence-corrected chi connectivity index (χ4v) is 0.329. The quantitative estimate of drug-likeness (QED) is 0.496. The third kappa shape index (κ3) is 2.39. The molecular weight excluding hydrogens is 102 g/mol. The van der Waals surface area contributed by atoms with Gasteiger partial charge in [0.1, 0.15) is 0 Å². The molecule has 0 unspecified atom stereocenters. The van der Waals surface area contributed by atoms with Gasteiger partial charge in [0.2, 0.25) is 5.91 Å². The maximum Gasteiger partial charge on any atom is 0.223 e. The second-order valence-corrected chi connectivity index (χ2v) is 1.61. The van der Waals surface area contributed by atoms with Crippen LogP contribution in [-0.2, 0) is 4.79 Å². The molecular formula is C6H11NO. The summed E-state index contributed by atoms with van der Waals surface area (Å²) < 4.78 is 0. The van der Waals surface area contributed by atoms with Crippen molar-refractivity contribution in [2.75, 3.05) is 7.05 Å². The summed E-state index contributed by atoms with van der Waals surface area (Å²) in [7, 11) is 1.72. The summed E-state index contributed by atoms with van der Waals surface area (Å²) in [4.78, 5) is 11.9. The van der Waals surface area contributed by atoms with E-state index in [2.05, 4.69) is 0 Å². The van der Waals surface area contributed by atoms with Gasteiger partial charge >= 0.3 is 0 Å². The normalized spacial score (nSPS) is 9.88. The van der Waals surface area contributed by atoms with Crippen molar-refractivity contribution in [1.82, 2.24) is 4.90 Å². The molecule has 0 saturated heterocycles. The predicted octanol–water partition coefficient (Wildman–Crippen LogP) is 0.998. The maximum absolute atomic E-state index is 10.4. The van der Waals surface area contributed by atoms with Gasteiger partial charge in [-0.1, -0.05) is 6.08 Å². The molecule has 0 saturated carbocycles. The number of carbonyl (C=O) groups is 1. The zero-order valence-corrected chi connectivity index (χ0v) is 5.51. The van der Waals surface area contributed by atoms with E-state index in [1.807, 2.05) is 13.0 Å². The van der Waals surface area contributed by atoms with Crippen LogP contribution in [0.5, 0.6) is 0 Å². The van der Waals surface area contributed by atoms with Crippen molar-refractivity contribution in [1.29, 1.82) is 0 Å². The van der Waals surface area contributed by atoms with E-state index in [9.17, 15) is 4.79 Å². The smallest absolute Gasteiger partial charge is 0.223 e. The van der Waals surface area contributed by atoms with E-state index in [0.29, 0.717) is 0 Å². The van der Waals surface area contributed by atoms with Crippen molar-refractivity contribution in [3.63, 3.8) is 0 Å². The summed E-state index contributed by atoms with van der Waals surface area (Å²) in [5.41, 5.74) is 0. The molecule has 0 rings (SSSR count). The van der Waals surface area contributed by atoms with Crippen LogP contribution in [0.3, 0.4) is 0 Å². The summed E-state index contributed by atoms with van der Waals surface area (Å²) in [5, 5.41) is 0. The molecule has 0 bridgehead atoms. The largest absolute Gasteiger partial charge is 0.323 e. The number of amides is 1. The molecule has 0 atom stereocenters. The Kier molecular flexibility index (Phi) is 2.92. The Balaban J connectivity index is 3.64. The summed E-state index contributed by atoms with van der Waals surface area (Å²) >= 11 is 0. The molecule has 46 valence electrons. The zero-order valence-electron chi connectivity index (χ0n) is 5.51. The van der Waals surface area contributed by atoms with Gasteiger partial charge in [-0.3, -0.25) is 4.79 Å². The van der Waals surface area contributed by atoms with Crippen LogP contribution in [0, 0.1) is 0 Å². The van der Waals surface area contributed by atoms with E-state index in [-0.39, 0.29) is 5.91 Å². The molecule has 0 aliphatic rings. The van der Waals surface area contributed by atoms with E-state index < -0.39 is 0 Å². The number of hydrogen-bond donors (Lipinski definition) is 0. The second kappa shape index (κ2) is 3.24. The third-order valence-electron chi connectivity index (χ3n) is 0.869. The molecule has 0 aromatic carbocycles. The van der Waals surface area contributed by atoms with Crippen molar-refractivity contribution in [2.24, 2.45) is 0 Å². The Morgan fingerprint density at radius 2 is 2.12 bits per heavy atom. The summed E-state index contributed by atoms with van der Waals surface area (Å²) in [6.07, 6.45) is 3.55. The number of nitrogens with zero attached hydrogens (tertiary/aromatic N) is 1. The maximum atomic E-state index is 10.4. The minimum Gasteiger partial charge on any atom is -0.323 e. The summed E-state index contributed by atoms with van der Waals surface area (Å²) in [6.45, 7) is 3.40. The topological polar surface area (TPSA) is 20.3 Å².